The van der Waals surface area contributed by atoms with E-state index in [1.165, 1.54) is 0 Å². The van der Waals surface area contributed by atoms with Crippen LogP contribution < -0.4 is 10.6 Å². The van der Waals surface area contributed by atoms with Crippen molar-refractivity contribution in [2.45, 2.75) is 33.2 Å². The first-order valence-electron chi connectivity index (χ1n) is 7.06. The molecule has 2 aromatic rings. The van der Waals surface area contributed by atoms with Crippen LogP contribution in [0.5, 0.6) is 0 Å². The lowest BCUT2D eigenvalue weighted by atomic mass is 10.1. The van der Waals surface area contributed by atoms with Crippen molar-refractivity contribution in [2.75, 3.05) is 5.32 Å². The first kappa shape index (κ1) is 16.3. The molecule has 0 unspecified atom stereocenters. The maximum Gasteiger partial charge on any atom is 0.270 e. The minimum absolute atomic E-state index is 0.182. The van der Waals surface area contributed by atoms with E-state index in [4.69, 9.17) is 11.6 Å². The number of carbonyl (C=O) groups excluding carboxylic acids is 1. The molecule has 1 aromatic heterocycles. The third-order valence-electron chi connectivity index (χ3n) is 2.96. The summed E-state index contributed by atoms with van der Waals surface area (Å²) in [6.07, 6.45) is 1.64. The molecule has 0 radical (unpaired) electrons. The summed E-state index contributed by atoms with van der Waals surface area (Å²) in [5.41, 5.74) is 2.91. The van der Waals surface area contributed by atoms with Crippen molar-refractivity contribution < 1.29 is 4.79 Å². The molecule has 0 saturated carbocycles. The number of halogens is 1. The lowest BCUT2D eigenvalue weighted by Crippen LogP contribution is -2.40. The number of aryl methyl sites for hydroxylation is 1. The van der Waals surface area contributed by atoms with Crippen molar-refractivity contribution in [1.82, 2.24) is 10.3 Å². The number of nitrogens with zero attached hydrogens (tertiary/aromatic N) is 1. The van der Waals surface area contributed by atoms with Gasteiger partial charge >= 0.3 is 0 Å². The number of aromatic nitrogens is 1. The molecule has 2 rings (SSSR count). The van der Waals surface area contributed by atoms with Gasteiger partial charge in [0, 0.05) is 16.2 Å². The molecule has 0 fully saturated rings. The molecular formula is C17H20ClN3O. The second-order valence-electron chi connectivity index (χ2n) is 6.22. The van der Waals surface area contributed by atoms with Gasteiger partial charge in [-0.3, -0.25) is 4.79 Å². The number of amides is 1. The molecule has 1 aromatic carbocycles. The summed E-state index contributed by atoms with van der Waals surface area (Å²) in [5, 5.41) is 6.80. The molecule has 0 spiro atoms. The quantitative estimate of drug-likeness (QED) is 0.886. The standard InChI is InChI=1S/C17H20ClN3O/c1-11-5-6-12(18)9-15(11)20-13-7-8-14(19-10-13)16(22)21-17(2,3)4/h5-10,20H,1-4H3,(H,21,22). The molecule has 22 heavy (non-hydrogen) atoms. The van der Waals surface area contributed by atoms with Crippen molar-refractivity contribution in [3.8, 4) is 0 Å². The molecular weight excluding hydrogens is 298 g/mol. The number of pyridine rings is 1. The van der Waals surface area contributed by atoms with Crippen LogP contribution >= 0.6 is 11.6 Å². The Kier molecular flexibility index (Phi) is 4.71. The van der Waals surface area contributed by atoms with Gasteiger partial charge in [-0.25, -0.2) is 4.98 Å². The molecule has 1 heterocycles. The van der Waals surface area contributed by atoms with Gasteiger partial charge in [-0.1, -0.05) is 17.7 Å². The SMILES string of the molecule is Cc1ccc(Cl)cc1Nc1ccc(C(=O)NC(C)(C)C)nc1. The number of anilines is 2. The number of rotatable bonds is 3. The van der Waals surface area contributed by atoms with Crippen molar-refractivity contribution in [3.05, 3.63) is 52.8 Å². The van der Waals surface area contributed by atoms with E-state index in [0.29, 0.717) is 10.7 Å². The average molecular weight is 318 g/mol. The fourth-order valence-corrected chi connectivity index (χ4v) is 2.06. The predicted molar refractivity (Wildman–Crippen MR) is 90.9 cm³/mol. The maximum atomic E-state index is 12.0. The highest BCUT2D eigenvalue weighted by atomic mass is 35.5. The van der Waals surface area contributed by atoms with Gasteiger partial charge in [0.1, 0.15) is 5.69 Å². The second-order valence-corrected chi connectivity index (χ2v) is 6.66. The Morgan fingerprint density at radius 1 is 1.18 bits per heavy atom. The van der Waals surface area contributed by atoms with Gasteiger partial charge in [0.15, 0.2) is 0 Å². The van der Waals surface area contributed by atoms with E-state index in [2.05, 4.69) is 15.6 Å². The van der Waals surface area contributed by atoms with Crippen molar-refractivity contribution >= 4 is 28.9 Å². The zero-order valence-electron chi connectivity index (χ0n) is 13.2. The third-order valence-corrected chi connectivity index (χ3v) is 3.20. The minimum atomic E-state index is -0.284. The van der Waals surface area contributed by atoms with Gasteiger partial charge in [0.2, 0.25) is 0 Å². The van der Waals surface area contributed by atoms with Crippen LogP contribution in [0.15, 0.2) is 36.5 Å². The van der Waals surface area contributed by atoms with Gasteiger partial charge in [0.05, 0.1) is 11.9 Å². The van der Waals surface area contributed by atoms with Gasteiger partial charge in [-0.05, 0) is 57.5 Å². The lowest BCUT2D eigenvalue weighted by Gasteiger charge is -2.20. The predicted octanol–water partition coefficient (Wildman–Crippen LogP) is 4.32. The zero-order valence-corrected chi connectivity index (χ0v) is 14.0. The topological polar surface area (TPSA) is 54.0 Å². The zero-order chi connectivity index (χ0) is 16.3. The van der Waals surface area contributed by atoms with Crippen molar-refractivity contribution in [1.29, 1.82) is 0 Å². The molecule has 0 aliphatic heterocycles. The number of carbonyl (C=O) groups is 1. The lowest BCUT2D eigenvalue weighted by molar-refractivity contribution is 0.0914. The fourth-order valence-electron chi connectivity index (χ4n) is 1.89. The van der Waals surface area contributed by atoms with E-state index >= 15 is 0 Å². The summed E-state index contributed by atoms with van der Waals surface area (Å²) in [5.74, 6) is -0.182. The molecule has 0 bridgehead atoms. The molecule has 0 atom stereocenters. The highest BCUT2D eigenvalue weighted by Gasteiger charge is 2.16. The van der Waals surface area contributed by atoms with E-state index < -0.39 is 0 Å². The van der Waals surface area contributed by atoms with Gasteiger partial charge in [-0.15, -0.1) is 0 Å². The van der Waals surface area contributed by atoms with Gasteiger partial charge in [-0.2, -0.15) is 0 Å². The molecule has 1 amide bonds. The van der Waals surface area contributed by atoms with Crippen LogP contribution in [0.4, 0.5) is 11.4 Å². The summed E-state index contributed by atoms with van der Waals surface area (Å²) in [7, 11) is 0. The Bertz CT molecular complexity index is 675. The summed E-state index contributed by atoms with van der Waals surface area (Å²) in [6, 6.07) is 9.18. The van der Waals surface area contributed by atoms with Crippen molar-refractivity contribution in [3.63, 3.8) is 0 Å². The fraction of sp³-hybridized carbons (Fsp3) is 0.294. The van der Waals surface area contributed by atoms with E-state index in [1.807, 2.05) is 52.0 Å². The third kappa shape index (κ3) is 4.46. The Morgan fingerprint density at radius 2 is 1.91 bits per heavy atom. The average Bonchev–Trinajstić information content (AvgIpc) is 2.42. The summed E-state index contributed by atoms with van der Waals surface area (Å²) in [4.78, 5) is 16.2. The second kappa shape index (κ2) is 6.36. The molecule has 0 aliphatic carbocycles. The van der Waals surface area contributed by atoms with E-state index in [0.717, 1.165) is 16.9 Å². The van der Waals surface area contributed by atoms with E-state index in [-0.39, 0.29) is 11.4 Å². The first-order chi connectivity index (χ1) is 10.2. The molecule has 0 saturated heterocycles. The normalized spacial score (nSPS) is 11.1. The van der Waals surface area contributed by atoms with Crippen LogP contribution in [0.25, 0.3) is 0 Å². The van der Waals surface area contributed by atoms with Crippen molar-refractivity contribution in [2.24, 2.45) is 0 Å². The summed E-state index contributed by atoms with van der Waals surface area (Å²) in [6.45, 7) is 7.80. The molecule has 116 valence electrons. The van der Waals surface area contributed by atoms with E-state index in [1.54, 1.807) is 12.3 Å². The van der Waals surface area contributed by atoms with Crippen LogP contribution in [-0.4, -0.2) is 16.4 Å². The molecule has 5 heteroatoms. The number of hydrogen-bond acceptors (Lipinski definition) is 3. The molecule has 0 aliphatic rings. The van der Waals surface area contributed by atoms with Gasteiger partial charge in [0.25, 0.3) is 5.91 Å². The Balaban J connectivity index is 2.12. The largest absolute Gasteiger partial charge is 0.354 e. The summed E-state index contributed by atoms with van der Waals surface area (Å²) >= 11 is 6.00. The highest BCUT2D eigenvalue weighted by Crippen LogP contribution is 2.23. The number of hydrogen-bond donors (Lipinski definition) is 2. The van der Waals surface area contributed by atoms with Crippen LogP contribution in [0.2, 0.25) is 5.02 Å². The Labute approximate surface area is 135 Å². The van der Waals surface area contributed by atoms with E-state index in [9.17, 15) is 4.79 Å². The number of nitrogens with one attached hydrogen (secondary N) is 2. The monoisotopic (exact) mass is 317 g/mol. The maximum absolute atomic E-state index is 12.0. The van der Waals surface area contributed by atoms with Gasteiger partial charge < -0.3 is 10.6 Å². The Hall–Kier alpha value is -2.07. The summed E-state index contributed by atoms with van der Waals surface area (Å²) < 4.78 is 0. The first-order valence-corrected chi connectivity index (χ1v) is 7.44. The van der Waals surface area contributed by atoms with Crippen LogP contribution in [0.1, 0.15) is 36.8 Å². The van der Waals surface area contributed by atoms with Crippen LogP contribution in [0.3, 0.4) is 0 Å². The minimum Gasteiger partial charge on any atom is -0.354 e. The number of benzene rings is 1. The smallest absolute Gasteiger partial charge is 0.270 e. The molecule has 2 N–H and O–H groups in total. The van der Waals surface area contributed by atoms with Crippen LogP contribution in [-0.2, 0) is 0 Å². The highest BCUT2D eigenvalue weighted by molar-refractivity contribution is 6.30. The van der Waals surface area contributed by atoms with Crippen LogP contribution in [0, 0.1) is 6.92 Å². The molecule has 4 nitrogen and oxygen atoms in total. The Morgan fingerprint density at radius 3 is 2.50 bits per heavy atom.